The van der Waals surface area contributed by atoms with Crippen LogP contribution in [0.2, 0.25) is 5.02 Å². The number of halogens is 2. The molecule has 3 rings (SSSR count). The van der Waals surface area contributed by atoms with Crippen LogP contribution in [-0.4, -0.2) is 30.1 Å². The number of hydrogen-bond acceptors (Lipinski definition) is 7. The third-order valence-electron chi connectivity index (χ3n) is 4.63. The van der Waals surface area contributed by atoms with E-state index in [0.29, 0.717) is 17.1 Å². The highest BCUT2D eigenvalue weighted by molar-refractivity contribution is 6.32. The number of nitrogens with one attached hydrogen (secondary N) is 2. The highest BCUT2D eigenvalue weighted by Gasteiger charge is 2.19. The lowest BCUT2D eigenvalue weighted by Gasteiger charge is -2.15. The molecule has 0 bridgehead atoms. The summed E-state index contributed by atoms with van der Waals surface area (Å²) in [6.07, 6.45) is 4.04. The van der Waals surface area contributed by atoms with Crippen LogP contribution in [0.15, 0.2) is 49.3 Å². The zero-order valence-electron chi connectivity index (χ0n) is 18.2. The maximum Gasteiger partial charge on any atom is 0.247 e. The van der Waals surface area contributed by atoms with Crippen LogP contribution >= 0.6 is 11.6 Å². The molecule has 0 radical (unpaired) electrons. The summed E-state index contributed by atoms with van der Waals surface area (Å²) in [6, 6.07) is 6.80. The molecule has 0 aliphatic carbocycles. The minimum absolute atomic E-state index is 0.0109. The first-order chi connectivity index (χ1) is 15.9. The van der Waals surface area contributed by atoms with Gasteiger partial charge in [0.25, 0.3) is 0 Å². The smallest absolute Gasteiger partial charge is 0.247 e. The Kier molecular flexibility index (Phi) is 7.68. The predicted molar refractivity (Wildman–Crippen MR) is 124 cm³/mol. The number of carbonyl (C=O) groups excluding carboxylic acids is 1. The van der Waals surface area contributed by atoms with E-state index in [-0.39, 0.29) is 40.5 Å². The van der Waals surface area contributed by atoms with E-state index in [9.17, 15) is 9.18 Å². The summed E-state index contributed by atoms with van der Waals surface area (Å²) < 4.78 is 30.4. The van der Waals surface area contributed by atoms with Crippen LogP contribution in [0.3, 0.4) is 0 Å². The number of amides is 1. The van der Waals surface area contributed by atoms with Crippen molar-refractivity contribution in [3.05, 3.63) is 71.3 Å². The number of ether oxygens (including phenoxy) is 3. The average Bonchev–Trinajstić information content (AvgIpc) is 2.82. The second-order valence-electron chi connectivity index (χ2n) is 6.73. The molecule has 0 atom stereocenters. The topological polar surface area (TPSA) is 94.6 Å². The average molecular weight is 473 g/mol. The minimum Gasteiger partial charge on any atom is -0.495 e. The van der Waals surface area contributed by atoms with Gasteiger partial charge in [-0.3, -0.25) is 4.79 Å². The number of carbonyl (C=O) groups is 1. The number of aryl methyl sites for hydroxylation is 1. The fourth-order valence-electron chi connectivity index (χ4n) is 2.91. The van der Waals surface area contributed by atoms with Gasteiger partial charge < -0.3 is 24.8 Å². The Morgan fingerprint density at radius 3 is 2.55 bits per heavy atom. The third kappa shape index (κ3) is 5.50. The molecule has 0 unspecified atom stereocenters. The molecule has 2 aromatic carbocycles. The molecule has 0 aliphatic heterocycles. The zero-order chi connectivity index (χ0) is 24.0. The van der Waals surface area contributed by atoms with Gasteiger partial charge in [-0.1, -0.05) is 30.3 Å². The fraction of sp³-hybridized carbons (Fsp3) is 0.174. The Morgan fingerprint density at radius 1 is 1.21 bits per heavy atom. The van der Waals surface area contributed by atoms with Crippen molar-refractivity contribution in [1.82, 2.24) is 9.97 Å². The van der Waals surface area contributed by atoms with Gasteiger partial charge in [0.1, 0.15) is 12.4 Å². The number of hydrogen-bond donors (Lipinski definition) is 2. The Bertz CT molecular complexity index is 1140. The van der Waals surface area contributed by atoms with Crippen molar-refractivity contribution in [3.8, 4) is 17.2 Å². The number of benzene rings is 2. The predicted octanol–water partition coefficient (Wildman–Crippen LogP) is 5.04. The van der Waals surface area contributed by atoms with Gasteiger partial charge in [-0.2, -0.15) is 0 Å². The molecule has 2 N–H and O–H groups in total. The Morgan fingerprint density at radius 2 is 1.91 bits per heavy atom. The number of para-hydroxylation sites is 1. The zero-order valence-corrected chi connectivity index (χ0v) is 19.0. The number of methoxy groups -OCH3 is 2. The summed E-state index contributed by atoms with van der Waals surface area (Å²) in [6.45, 7) is 5.14. The first-order valence-electron chi connectivity index (χ1n) is 9.71. The van der Waals surface area contributed by atoms with E-state index < -0.39 is 5.82 Å². The molecular weight excluding hydrogens is 451 g/mol. The van der Waals surface area contributed by atoms with Crippen molar-refractivity contribution in [3.63, 3.8) is 0 Å². The fourth-order valence-corrected chi connectivity index (χ4v) is 3.18. The quantitative estimate of drug-likeness (QED) is 0.421. The van der Waals surface area contributed by atoms with Crippen LogP contribution in [0.4, 0.5) is 21.7 Å². The van der Waals surface area contributed by atoms with Crippen LogP contribution in [0.1, 0.15) is 11.1 Å². The molecule has 8 nitrogen and oxygen atoms in total. The lowest BCUT2D eigenvalue weighted by molar-refractivity contribution is -0.111. The molecule has 0 aliphatic rings. The molecular formula is C23H22ClFN4O4. The first-order valence-corrected chi connectivity index (χ1v) is 10.1. The Labute approximate surface area is 195 Å². The minimum atomic E-state index is -0.642. The maximum atomic E-state index is 14.6. The summed E-state index contributed by atoms with van der Waals surface area (Å²) >= 11 is 6.22. The summed E-state index contributed by atoms with van der Waals surface area (Å²) in [5.41, 5.74) is 2.15. The van der Waals surface area contributed by atoms with Crippen molar-refractivity contribution in [2.24, 2.45) is 0 Å². The number of rotatable bonds is 9. The lowest BCUT2D eigenvalue weighted by Crippen LogP contribution is -2.10. The third-order valence-corrected chi connectivity index (χ3v) is 5.04. The molecule has 1 aromatic heterocycles. The van der Waals surface area contributed by atoms with E-state index in [2.05, 4.69) is 27.2 Å². The first kappa shape index (κ1) is 23.8. The van der Waals surface area contributed by atoms with E-state index in [0.717, 1.165) is 5.56 Å². The number of anilines is 3. The molecule has 0 saturated carbocycles. The summed E-state index contributed by atoms with van der Waals surface area (Å²) in [4.78, 5) is 20.2. The molecule has 0 fully saturated rings. The summed E-state index contributed by atoms with van der Waals surface area (Å²) in [5, 5.41) is 5.90. The summed E-state index contributed by atoms with van der Waals surface area (Å²) in [5.74, 6) is -0.157. The number of aromatic nitrogens is 2. The van der Waals surface area contributed by atoms with Gasteiger partial charge in [0.2, 0.25) is 11.9 Å². The molecule has 1 heterocycles. The molecule has 172 valence electrons. The van der Waals surface area contributed by atoms with E-state index in [1.165, 1.54) is 38.8 Å². The van der Waals surface area contributed by atoms with E-state index in [1.807, 2.05) is 19.1 Å². The van der Waals surface area contributed by atoms with Gasteiger partial charge in [-0.05, 0) is 24.6 Å². The second kappa shape index (κ2) is 10.6. The highest BCUT2D eigenvalue weighted by atomic mass is 35.5. The van der Waals surface area contributed by atoms with Gasteiger partial charge in [-0.25, -0.2) is 14.4 Å². The van der Waals surface area contributed by atoms with Gasteiger partial charge >= 0.3 is 0 Å². The van der Waals surface area contributed by atoms with Crippen LogP contribution in [0.25, 0.3) is 0 Å². The molecule has 1 amide bonds. The van der Waals surface area contributed by atoms with Crippen molar-refractivity contribution >= 4 is 34.8 Å². The standard InChI is InChI=1S/C23H22ClFN4O4/c1-5-19(30)28-16-8-6-7-13(2)22(16)29-23-26-10-14(11-27-23)33-12-15-20(24)17(31-3)9-18(32-4)21(15)25/h5-11H,1,12H2,2-4H3,(H,28,30)(H,26,27,29). The van der Waals surface area contributed by atoms with E-state index >= 15 is 0 Å². The monoisotopic (exact) mass is 472 g/mol. The van der Waals surface area contributed by atoms with Crippen LogP contribution in [-0.2, 0) is 11.4 Å². The van der Waals surface area contributed by atoms with Crippen LogP contribution in [0.5, 0.6) is 17.2 Å². The lowest BCUT2D eigenvalue weighted by atomic mass is 10.1. The van der Waals surface area contributed by atoms with Crippen molar-refractivity contribution in [2.45, 2.75) is 13.5 Å². The van der Waals surface area contributed by atoms with E-state index in [4.69, 9.17) is 25.8 Å². The van der Waals surface area contributed by atoms with Crippen LogP contribution in [0, 0.1) is 12.7 Å². The van der Waals surface area contributed by atoms with Gasteiger partial charge in [-0.15, -0.1) is 0 Å². The summed E-state index contributed by atoms with van der Waals surface area (Å²) in [7, 11) is 2.77. The normalized spacial score (nSPS) is 10.3. The van der Waals surface area contributed by atoms with Gasteiger partial charge in [0, 0.05) is 6.07 Å². The molecule has 3 aromatic rings. The highest BCUT2D eigenvalue weighted by Crippen LogP contribution is 2.36. The SMILES string of the molecule is C=CC(=O)Nc1cccc(C)c1Nc1ncc(OCc2c(F)c(OC)cc(OC)c2Cl)cn1. The number of nitrogens with zero attached hydrogens (tertiary/aromatic N) is 2. The van der Waals surface area contributed by atoms with Gasteiger partial charge in [0.05, 0.1) is 48.6 Å². The maximum absolute atomic E-state index is 14.6. The van der Waals surface area contributed by atoms with E-state index in [1.54, 1.807) is 6.07 Å². The second-order valence-corrected chi connectivity index (χ2v) is 7.11. The molecule has 10 heteroatoms. The van der Waals surface area contributed by atoms with Crippen molar-refractivity contribution in [1.29, 1.82) is 0 Å². The van der Waals surface area contributed by atoms with Gasteiger partial charge in [0.15, 0.2) is 17.3 Å². The Balaban J connectivity index is 1.76. The molecule has 33 heavy (non-hydrogen) atoms. The van der Waals surface area contributed by atoms with Crippen molar-refractivity contribution < 1.29 is 23.4 Å². The largest absolute Gasteiger partial charge is 0.495 e. The Hall–Kier alpha value is -3.85. The van der Waals surface area contributed by atoms with Crippen LogP contribution < -0.4 is 24.8 Å². The molecule has 0 spiro atoms. The molecule has 0 saturated heterocycles. The van der Waals surface area contributed by atoms with Crippen molar-refractivity contribution in [2.75, 3.05) is 24.9 Å².